The number of ether oxygens (including phenoxy) is 1. The number of carboxylic acid groups (broad SMARTS) is 1. The monoisotopic (exact) mass is 323 g/mol. The average Bonchev–Trinajstić information content (AvgIpc) is 3.01. The highest BCUT2D eigenvalue weighted by Crippen LogP contribution is 2.42. The molecule has 1 saturated carbocycles. The first-order valence-corrected chi connectivity index (χ1v) is 8.32. The topological polar surface area (TPSA) is 49.8 Å². The SMILES string of the molecule is O=C(O)C1(c2ccc(CN3CCOCC3)c(Cl)c2)CCCC1. The molecule has 5 heteroatoms. The lowest BCUT2D eigenvalue weighted by atomic mass is 9.79. The highest BCUT2D eigenvalue weighted by atomic mass is 35.5. The van der Waals surface area contributed by atoms with Crippen molar-refractivity contribution in [3.05, 3.63) is 34.3 Å². The summed E-state index contributed by atoms with van der Waals surface area (Å²) in [6, 6.07) is 5.83. The molecule has 1 aliphatic heterocycles. The predicted molar refractivity (Wildman–Crippen MR) is 85.3 cm³/mol. The first-order valence-electron chi connectivity index (χ1n) is 7.94. The molecule has 0 radical (unpaired) electrons. The molecule has 2 fully saturated rings. The van der Waals surface area contributed by atoms with Crippen molar-refractivity contribution in [3.63, 3.8) is 0 Å². The lowest BCUT2D eigenvalue weighted by Crippen LogP contribution is -2.36. The summed E-state index contributed by atoms with van der Waals surface area (Å²) in [7, 11) is 0. The third-order valence-electron chi connectivity index (χ3n) is 4.97. The fraction of sp³-hybridized carbons (Fsp3) is 0.588. The predicted octanol–water partition coefficient (Wildman–Crippen LogP) is 3.07. The summed E-state index contributed by atoms with van der Waals surface area (Å²) in [6.07, 6.45) is 3.36. The largest absolute Gasteiger partial charge is 0.481 e. The molecule has 3 rings (SSSR count). The maximum Gasteiger partial charge on any atom is 0.314 e. The number of halogens is 1. The van der Waals surface area contributed by atoms with Gasteiger partial charge in [-0.15, -0.1) is 0 Å². The molecule has 1 aromatic rings. The number of nitrogens with zero attached hydrogens (tertiary/aromatic N) is 1. The lowest BCUT2D eigenvalue weighted by Gasteiger charge is -2.28. The number of carboxylic acids is 1. The maximum absolute atomic E-state index is 11.8. The summed E-state index contributed by atoms with van der Waals surface area (Å²) in [5, 5.41) is 10.4. The van der Waals surface area contributed by atoms with Gasteiger partial charge < -0.3 is 9.84 Å². The van der Waals surface area contributed by atoms with Gasteiger partial charge in [0, 0.05) is 24.7 Å². The second-order valence-corrected chi connectivity index (χ2v) is 6.70. The lowest BCUT2D eigenvalue weighted by molar-refractivity contribution is -0.143. The minimum atomic E-state index is -0.735. The number of hydrogen-bond acceptors (Lipinski definition) is 3. The van der Waals surface area contributed by atoms with Crippen molar-refractivity contribution in [2.24, 2.45) is 0 Å². The normalized spacial score (nSPS) is 21.9. The van der Waals surface area contributed by atoms with Gasteiger partial charge in [-0.1, -0.05) is 36.6 Å². The first kappa shape index (κ1) is 15.8. The number of morpholine rings is 1. The molecule has 1 aliphatic carbocycles. The number of benzene rings is 1. The van der Waals surface area contributed by atoms with E-state index in [1.807, 2.05) is 18.2 Å². The van der Waals surface area contributed by atoms with Gasteiger partial charge in [0.05, 0.1) is 18.6 Å². The molecule has 1 heterocycles. The van der Waals surface area contributed by atoms with E-state index in [9.17, 15) is 9.90 Å². The zero-order valence-electron chi connectivity index (χ0n) is 12.7. The van der Waals surface area contributed by atoms with E-state index in [0.29, 0.717) is 17.9 Å². The van der Waals surface area contributed by atoms with Crippen LogP contribution in [-0.2, 0) is 21.5 Å². The summed E-state index contributed by atoms with van der Waals surface area (Å²) in [4.78, 5) is 14.1. The van der Waals surface area contributed by atoms with Gasteiger partial charge in [-0.25, -0.2) is 0 Å². The third kappa shape index (κ3) is 3.00. The number of rotatable bonds is 4. The third-order valence-corrected chi connectivity index (χ3v) is 5.32. The number of carbonyl (C=O) groups is 1. The van der Waals surface area contributed by atoms with Crippen molar-refractivity contribution in [2.45, 2.75) is 37.6 Å². The summed E-state index contributed by atoms with van der Waals surface area (Å²) >= 11 is 6.44. The standard InChI is InChI=1S/C17H22ClNO3/c18-15-11-14(17(16(20)21)5-1-2-6-17)4-3-13(15)12-19-7-9-22-10-8-19/h3-4,11H,1-2,5-10,12H2,(H,20,21). The van der Waals surface area contributed by atoms with Crippen LogP contribution in [0.1, 0.15) is 36.8 Å². The Hall–Kier alpha value is -1.10. The van der Waals surface area contributed by atoms with E-state index in [4.69, 9.17) is 16.3 Å². The highest BCUT2D eigenvalue weighted by Gasteiger charge is 2.43. The Labute approximate surface area is 136 Å². The molecule has 0 amide bonds. The molecule has 0 aromatic heterocycles. The minimum Gasteiger partial charge on any atom is -0.481 e. The van der Waals surface area contributed by atoms with Crippen LogP contribution in [0.5, 0.6) is 0 Å². The van der Waals surface area contributed by atoms with Crippen LogP contribution in [-0.4, -0.2) is 42.3 Å². The zero-order chi connectivity index (χ0) is 15.6. The van der Waals surface area contributed by atoms with Crippen LogP contribution < -0.4 is 0 Å². The molecule has 0 atom stereocenters. The molecule has 0 unspecified atom stereocenters. The second-order valence-electron chi connectivity index (χ2n) is 6.29. The van der Waals surface area contributed by atoms with Crippen LogP contribution in [0.2, 0.25) is 5.02 Å². The molecule has 2 aliphatic rings. The molecule has 1 N–H and O–H groups in total. The van der Waals surface area contributed by atoms with E-state index in [0.717, 1.165) is 56.8 Å². The molecular formula is C17H22ClNO3. The Morgan fingerprint density at radius 2 is 1.95 bits per heavy atom. The van der Waals surface area contributed by atoms with Gasteiger partial charge in [-0.05, 0) is 30.0 Å². The van der Waals surface area contributed by atoms with Crippen LogP contribution in [0.3, 0.4) is 0 Å². The minimum absolute atomic E-state index is 0.677. The molecule has 1 saturated heterocycles. The van der Waals surface area contributed by atoms with Gasteiger partial charge in [0.15, 0.2) is 0 Å². The fourth-order valence-electron chi connectivity index (χ4n) is 3.58. The van der Waals surface area contributed by atoms with Crippen LogP contribution >= 0.6 is 11.6 Å². The molecule has 22 heavy (non-hydrogen) atoms. The van der Waals surface area contributed by atoms with Crippen LogP contribution in [0.4, 0.5) is 0 Å². The van der Waals surface area contributed by atoms with Gasteiger partial charge in [-0.2, -0.15) is 0 Å². The van der Waals surface area contributed by atoms with Crippen molar-refractivity contribution in [1.29, 1.82) is 0 Å². The summed E-state index contributed by atoms with van der Waals surface area (Å²) < 4.78 is 5.35. The van der Waals surface area contributed by atoms with E-state index >= 15 is 0 Å². The van der Waals surface area contributed by atoms with E-state index in [-0.39, 0.29) is 0 Å². The van der Waals surface area contributed by atoms with Crippen LogP contribution in [0.15, 0.2) is 18.2 Å². The van der Waals surface area contributed by atoms with Crippen molar-refractivity contribution < 1.29 is 14.6 Å². The van der Waals surface area contributed by atoms with Gasteiger partial charge in [0.2, 0.25) is 0 Å². The number of hydrogen-bond donors (Lipinski definition) is 1. The van der Waals surface area contributed by atoms with Gasteiger partial charge >= 0.3 is 5.97 Å². The van der Waals surface area contributed by atoms with E-state index in [1.165, 1.54) is 0 Å². The van der Waals surface area contributed by atoms with Gasteiger partial charge in [-0.3, -0.25) is 9.69 Å². The van der Waals surface area contributed by atoms with Gasteiger partial charge in [0.25, 0.3) is 0 Å². The average molecular weight is 324 g/mol. The van der Waals surface area contributed by atoms with Crippen molar-refractivity contribution in [2.75, 3.05) is 26.3 Å². The molecule has 0 bridgehead atoms. The Morgan fingerprint density at radius 1 is 1.27 bits per heavy atom. The second kappa shape index (κ2) is 6.57. The van der Waals surface area contributed by atoms with Gasteiger partial charge in [0.1, 0.15) is 0 Å². The first-order chi connectivity index (χ1) is 10.6. The Kier molecular flexibility index (Phi) is 4.71. The van der Waals surface area contributed by atoms with E-state index in [1.54, 1.807) is 0 Å². The molecule has 4 nitrogen and oxygen atoms in total. The van der Waals surface area contributed by atoms with Crippen molar-refractivity contribution in [3.8, 4) is 0 Å². The Bertz CT molecular complexity index is 549. The van der Waals surface area contributed by atoms with Crippen LogP contribution in [0, 0.1) is 0 Å². The molecule has 1 aromatic carbocycles. The molecular weight excluding hydrogens is 302 g/mol. The quantitative estimate of drug-likeness (QED) is 0.925. The van der Waals surface area contributed by atoms with Crippen molar-refractivity contribution in [1.82, 2.24) is 4.90 Å². The Balaban J connectivity index is 1.80. The Morgan fingerprint density at radius 3 is 2.55 bits per heavy atom. The summed E-state index contributed by atoms with van der Waals surface area (Å²) in [5.74, 6) is -0.720. The fourth-order valence-corrected chi connectivity index (χ4v) is 3.82. The van der Waals surface area contributed by atoms with Crippen LogP contribution in [0.25, 0.3) is 0 Å². The maximum atomic E-state index is 11.8. The summed E-state index contributed by atoms with van der Waals surface area (Å²) in [5.41, 5.74) is 1.18. The van der Waals surface area contributed by atoms with E-state index < -0.39 is 11.4 Å². The number of aliphatic carboxylic acids is 1. The zero-order valence-corrected chi connectivity index (χ0v) is 13.4. The van der Waals surface area contributed by atoms with E-state index in [2.05, 4.69) is 4.90 Å². The molecule has 120 valence electrons. The summed E-state index contributed by atoms with van der Waals surface area (Å²) in [6.45, 7) is 4.15. The highest BCUT2D eigenvalue weighted by molar-refractivity contribution is 6.31. The molecule has 0 spiro atoms. The smallest absolute Gasteiger partial charge is 0.314 e. The van der Waals surface area contributed by atoms with Crippen molar-refractivity contribution >= 4 is 17.6 Å².